The number of benzene rings is 1. The maximum absolute atomic E-state index is 12.8. The van der Waals surface area contributed by atoms with Crippen LogP contribution in [0.3, 0.4) is 0 Å². The molecule has 5 heteroatoms. The van der Waals surface area contributed by atoms with E-state index in [1.54, 1.807) is 18.0 Å². The molecular weight excluding hydrogens is 310 g/mol. The van der Waals surface area contributed by atoms with Gasteiger partial charge in [-0.05, 0) is 35.9 Å². The molecule has 2 atom stereocenters. The summed E-state index contributed by atoms with van der Waals surface area (Å²) in [5, 5.41) is 0.696. The lowest BCUT2D eigenvalue weighted by atomic mass is 10.1. The zero-order valence-electron chi connectivity index (χ0n) is 10.8. The zero-order valence-corrected chi connectivity index (χ0v) is 13.2. The highest BCUT2D eigenvalue weighted by Crippen LogP contribution is 2.48. The van der Waals surface area contributed by atoms with Crippen LogP contribution in [-0.4, -0.2) is 20.7 Å². The molecule has 0 radical (unpaired) electrons. The zero-order chi connectivity index (χ0) is 14.0. The Balaban J connectivity index is 2.17. The van der Waals surface area contributed by atoms with Gasteiger partial charge in [-0.25, -0.2) is 0 Å². The molecule has 0 amide bonds. The summed E-state index contributed by atoms with van der Waals surface area (Å²) in [6, 6.07) is 11.6. The molecule has 1 saturated heterocycles. The lowest BCUT2D eigenvalue weighted by Crippen LogP contribution is -2.35. The number of pyridine rings is 1. The Morgan fingerprint density at radius 3 is 2.65 bits per heavy atom. The SMILES string of the molecule is O=S1CCCSC1(c1ccc(Cl)cc1)c1cccnc1. The van der Waals surface area contributed by atoms with Gasteiger partial charge in [-0.2, -0.15) is 0 Å². The number of thioether (sulfide) groups is 1. The molecule has 1 aromatic heterocycles. The van der Waals surface area contributed by atoms with Crippen molar-refractivity contribution in [3.8, 4) is 0 Å². The van der Waals surface area contributed by atoms with E-state index in [1.165, 1.54) is 0 Å². The Morgan fingerprint density at radius 2 is 2.00 bits per heavy atom. The quantitative estimate of drug-likeness (QED) is 0.841. The molecule has 0 bridgehead atoms. The first-order valence-corrected chi connectivity index (χ1v) is 9.11. The number of nitrogens with zero attached hydrogens (tertiary/aromatic N) is 1. The molecule has 2 unspecified atom stereocenters. The predicted molar refractivity (Wildman–Crippen MR) is 86.6 cm³/mol. The van der Waals surface area contributed by atoms with Gasteiger partial charge in [-0.15, -0.1) is 11.8 Å². The van der Waals surface area contributed by atoms with Gasteiger partial charge in [0.2, 0.25) is 0 Å². The molecule has 0 spiro atoms. The minimum Gasteiger partial charge on any atom is -0.264 e. The van der Waals surface area contributed by atoms with Crippen molar-refractivity contribution < 1.29 is 4.21 Å². The lowest BCUT2D eigenvalue weighted by molar-refractivity contribution is 0.671. The summed E-state index contributed by atoms with van der Waals surface area (Å²) < 4.78 is 12.3. The largest absolute Gasteiger partial charge is 0.264 e. The number of hydrogen-bond donors (Lipinski definition) is 0. The van der Waals surface area contributed by atoms with Crippen LogP contribution in [-0.2, 0) is 14.9 Å². The first-order valence-electron chi connectivity index (χ1n) is 6.42. The first kappa shape index (κ1) is 14.1. The molecule has 1 fully saturated rings. The molecule has 2 heterocycles. The van der Waals surface area contributed by atoms with Gasteiger partial charge in [-0.3, -0.25) is 9.19 Å². The van der Waals surface area contributed by atoms with Crippen molar-refractivity contribution in [3.63, 3.8) is 0 Å². The molecule has 3 rings (SSSR count). The van der Waals surface area contributed by atoms with Crippen LogP contribution >= 0.6 is 23.4 Å². The van der Waals surface area contributed by atoms with Gasteiger partial charge in [0.1, 0.15) is 4.08 Å². The second-order valence-electron chi connectivity index (χ2n) is 4.62. The minimum absolute atomic E-state index is 0.517. The maximum Gasteiger partial charge on any atom is 0.142 e. The minimum atomic E-state index is -0.965. The van der Waals surface area contributed by atoms with Gasteiger partial charge in [0.05, 0.1) is 0 Å². The number of hydrogen-bond acceptors (Lipinski definition) is 3. The standard InChI is InChI=1S/C15H14ClNOS2/c16-14-6-4-12(5-7-14)15(13-3-1-8-17-11-13)19-9-2-10-20(15)18/h1,3-8,11H,2,9-10H2. The number of rotatable bonds is 2. The van der Waals surface area contributed by atoms with Crippen molar-refractivity contribution in [2.75, 3.05) is 11.5 Å². The molecule has 20 heavy (non-hydrogen) atoms. The third-order valence-electron chi connectivity index (χ3n) is 3.37. The van der Waals surface area contributed by atoms with Crippen molar-refractivity contribution in [2.45, 2.75) is 10.5 Å². The topological polar surface area (TPSA) is 30.0 Å². The molecule has 1 aromatic carbocycles. The number of halogens is 1. The van der Waals surface area contributed by atoms with Crippen LogP contribution in [0.2, 0.25) is 5.02 Å². The Labute approximate surface area is 130 Å². The molecule has 0 aliphatic carbocycles. The smallest absolute Gasteiger partial charge is 0.142 e. The summed E-state index contributed by atoms with van der Waals surface area (Å²) in [5.41, 5.74) is 2.04. The van der Waals surface area contributed by atoms with Crippen molar-refractivity contribution in [1.82, 2.24) is 4.98 Å². The van der Waals surface area contributed by atoms with Gasteiger partial charge < -0.3 is 0 Å². The van der Waals surface area contributed by atoms with Gasteiger partial charge in [0.25, 0.3) is 0 Å². The average molecular weight is 324 g/mol. The number of aromatic nitrogens is 1. The summed E-state index contributed by atoms with van der Waals surface area (Å²) in [7, 11) is -0.965. The van der Waals surface area contributed by atoms with Gasteiger partial charge in [0, 0.05) is 39.5 Å². The monoisotopic (exact) mass is 323 g/mol. The molecular formula is C15H14ClNOS2. The fraction of sp³-hybridized carbons (Fsp3) is 0.267. The Bertz CT molecular complexity index is 618. The Morgan fingerprint density at radius 1 is 1.20 bits per heavy atom. The summed E-state index contributed by atoms with van der Waals surface area (Å²) in [6.07, 6.45) is 4.56. The van der Waals surface area contributed by atoms with E-state index in [1.807, 2.05) is 42.6 Å². The molecule has 1 aliphatic rings. The highest BCUT2D eigenvalue weighted by molar-refractivity contribution is 8.12. The van der Waals surface area contributed by atoms with Crippen LogP contribution in [0.25, 0.3) is 0 Å². The van der Waals surface area contributed by atoms with Crippen molar-refractivity contribution in [1.29, 1.82) is 0 Å². The molecule has 2 aromatic rings. The summed E-state index contributed by atoms with van der Waals surface area (Å²) in [6.45, 7) is 0. The normalized spacial score (nSPS) is 26.4. The molecule has 0 N–H and O–H groups in total. The van der Waals surface area contributed by atoms with E-state index < -0.39 is 14.9 Å². The van der Waals surface area contributed by atoms with Crippen LogP contribution in [0.4, 0.5) is 0 Å². The fourth-order valence-corrected chi connectivity index (χ4v) is 6.42. The van der Waals surface area contributed by atoms with Crippen LogP contribution in [0.1, 0.15) is 17.5 Å². The molecule has 2 nitrogen and oxygen atoms in total. The van der Waals surface area contributed by atoms with E-state index in [0.29, 0.717) is 5.02 Å². The Hall–Kier alpha value is -0.840. The summed E-state index contributed by atoms with van der Waals surface area (Å²) >= 11 is 7.73. The van der Waals surface area contributed by atoms with Gasteiger partial charge in [0.15, 0.2) is 0 Å². The van der Waals surface area contributed by atoms with E-state index in [0.717, 1.165) is 29.1 Å². The van der Waals surface area contributed by atoms with Crippen LogP contribution in [0, 0.1) is 0 Å². The second-order valence-corrected chi connectivity index (χ2v) is 8.33. The van der Waals surface area contributed by atoms with Gasteiger partial charge >= 0.3 is 0 Å². The lowest BCUT2D eigenvalue weighted by Gasteiger charge is -2.36. The van der Waals surface area contributed by atoms with E-state index in [9.17, 15) is 4.21 Å². The Kier molecular flexibility index (Phi) is 4.15. The highest BCUT2D eigenvalue weighted by Gasteiger charge is 2.43. The highest BCUT2D eigenvalue weighted by atomic mass is 35.5. The maximum atomic E-state index is 12.8. The van der Waals surface area contributed by atoms with E-state index in [4.69, 9.17) is 11.6 Å². The van der Waals surface area contributed by atoms with E-state index in [2.05, 4.69) is 4.98 Å². The van der Waals surface area contributed by atoms with E-state index >= 15 is 0 Å². The predicted octanol–water partition coefficient (Wildman–Crippen LogP) is 3.82. The average Bonchev–Trinajstić information content (AvgIpc) is 2.50. The summed E-state index contributed by atoms with van der Waals surface area (Å²) in [5.74, 6) is 1.73. The second kappa shape index (κ2) is 5.88. The fourth-order valence-electron chi connectivity index (χ4n) is 2.44. The molecule has 104 valence electrons. The molecule has 1 aliphatic heterocycles. The van der Waals surface area contributed by atoms with Gasteiger partial charge in [-0.1, -0.05) is 29.8 Å². The van der Waals surface area contributed by atoms with Crippen LogP contribution in [0.15, 0.2) is 48.8 Å². The third-order valence-corrected chi connectivity index (χ3v) is 7.67. The van der Waals surface area contributed by atoms with Crippen molar-refractivity contribution in [3.05, 3.63) is 64.9 Å². The first-order chi connectivity index (χ1) is 9.73. The van der Waals surface area contributed by atoms with Crippen LogP contribution in [0.5, 0.6) is 0 Å². The summed E-state index contributed by atoms with van der Waals surface area (Å²) in [4.78, 5) is 4.21. The van der Waals surface area contributed by atoms with Crippen molar-refractivity contribution >= 4 is 34.2 Å². The van der Waals surface area contributed by atoms with E-state index in [-0.39, 0.29) is 0 Å². The van der Waals surface area contributed by atoms with Crippen LogP contribution < -0.4 is 0 Å². The molecule has 0 saturated carbocycles. The van der Waals surface area contributed by atoms with Crippen molar-refractivity contribution in [2.24, 2.45) is 0 Å². The third kappa shape index (κ3) is 2.41.